The zero-order chi connectivity index (χ0) is 48.2. The van der Waals surface area contributed by atoms with Gasteiger partial charge in [0, 0.05) is 94.7 Å². The molecule has 0 radical (unpaired) electrons. The molecule has 23 heteroatoms. The molecule has 2 aromatic carbocycles. The lowest BCUT2D eigenvalue weighted by molar-refractivity contribution is -0.122. The molecule has 2 aliphatic rings. The van der Waals surface area contributed by atoms with Crippen LogP contribution in [0.1, 0.15) is 39.0 Å². The quantitative estimate of drug-likeness (QED) is 0.0706. The molecular weight excluding hydrogens is 901 g/mol. The summed E-state index contributed by atoms with van der Waals surface area (Å²) in [6.45, 7) is 8.52. The lowest BCUT2D eigenvalue weighted by Crippen LogP contribution is -2.47. The van der Waals surface area contributed by atoms with Gasteiger partial charge in [0.25, 0.3) is 11.9 Å². The molecule has 23 nitrogen and oxygen atoms in total. The number of hydrogen-bond acceptors (Lipinski definition) is 20. The third kappa shape index (κ3) is 11.7. The Kier molecular flexibility index (Phi) is 15.5. The summed E-state index contributed by atoms with van der Waals surface area (Å²) in [6.07, 6.45) is 9.05. The van der Waals surface area contributed by atoms with Crippen molar-refractivity contribution >= 4 is 57.7 Å². The van der Waals surface area contributed by atoms with Crippen molar-refractivity contribution in [2.45, 2.75) is 32.5 Å². The van der Waals surface area contributed by atoms with Gasteiger partial charge in [-0.1, -0.05) is 18.2 Å². The number of nitrogen functional groups attached to an aromatic ring is 2. The summed E-state index contributed by atoms with van der Waals surface area (Å²) in [5, 5.41) is 8.48. The first kappa shape index (κ1) is 47.6. The van der Waals surface area contributed by atoms with Crippen LogP contribution < -0.4 is 32.3 Å². The van der Waals surface area contributed by atoms with Crippen LogP contribution in [0.2, 0.25) is 0 Å². The van der Waals surface area contributed by atoms with E-state index in [1.807, 2.05) is 21.7 Å². The number of anilines is 4. The summed E-state index contributed by atoms with van der Waals surface area (Å²) in [6, 6.07) is 11.9. The molecule has 0 atom stereocenters. The monoisotopic (exact) mass is 956 g/mol. The SMILES string of the molecule is NCCOCCOCCOCCOCCC(=O)NCc1cnc(N2CCN(c3ncc(C(=O)N4CCc5cc(Cn6nc(-c7ccc8oc(N)nc8c7)c7c(N)ncnc76)ccc5C4)cn3)CC2)nc1. The molecule has 2 amide bonds. The van der Waals surface area contributed by atoms with Crippen molar-refractivity contribution in [1.82, 2.24) is 54.9 Å². The molecule has 0 unspecified atom stereocenters. The summed E-state index contributed by atoms with van der Waals surface area (Å²) in [5.74, 6) is 1.26. The van der Waals surface area contributed by atoms with Crippen LogP contribution in [-0.4, -0.2) is 154 Å². The first-order valence-electron chi connectivity index (χ1n) is 23.2. The fourth-order valence-electron chi connectivity index (χ4n) is 8.27. The smallest absolute Gasteiger partial charge is 0.292 e. The Morgan fingerprint density at radius 3 is 2.09 bits per heavy atom. The molecule has 9 rings (SSSR count). The second kappa shape index (κ2) is 22.8. The lowest BCUT2D eigenvalue weighted by atomic mass is 9.97. The molecular formula is C47H56N16O7. The van der Waals surface area contributed by atoms with E-state index in [0.29, 0.717) is 169 Å². The number of nitrogens with one attached hydrogen (secondary N) is 1. The molecule has 0 spiro atoms. The number of piperazine rings is 1. The van der Waals surface area contributed by atoms with E-state index < -0.39 is 0 Å². The molecule has 0 saturated carbocycles. The highest BCUT2D eigenvalue weighted by Crippen LogP contribution is 2.33. The highest BCUT2D eigenvalue weighted by atomic mass is 16.6. The lowest BCUT2D eigenvalue weighted by Gasteiger charge is -2.34. The van der Waals surface area contributed by atoms with Gasteiger partial charge in [-0.3, -0.25) is 9.59 Å². The van der Waals surface area contributed by atoms with Crippen molar-refractivity contribution in [2.75, 3.05) is 113 Å². The van der Waals surface area contributed by atoms with E-state index in [1.54, 1.807) is 30.9 Å². The van der Waals surface area contributed by atoms with Crippen molar-refractivity contribution in [3.8, 4) is 11.3 Å². The first-order valence-corrected chi connectivity index (χ1v) is 23.2. The Balaban J connectivity index is 0.697. The fourth-order valence-corrected chi connectivity index (χ4v) is 8.27. The predicted octanol–water partition coefficient (Wildman–Crippen LogP) is 1.98. The summed E-state index contributed by atoms with van der Waals surface area (Å²) in [5.41, 5.74) is 25.3. The molecule has 70 heavy (non-hydrogen) atoms. The molecule has 0 bridgehead atoms. The Bertz CT molecular complexity index is 2870. The largest absolute Gasteiger partial charge is 0.424 e. The first-order chi connectivity index (χ1) is 34.3. The van der Waals surface area contributed by atoms with Crippen LogP contribution in [0.3, 0.4) is 0 Å². The van der Waals surface area contributed by atoms with Gasteiger partial charge in [-0.05, 0) is 41.3 Å². The van der Waals surface area contributed by atoms with Crippen LogP contribution in [0.4, 0.5) is 23.7 Å². The number of hydrogen-bond donors (Lipinski definition) is 4. The average molecular weight is 957 g/mol. The Morgan fingerprint density at radius 1 is 0.714 bits per heavy atom. The normalized spacial score (nSPS) is 13.9. The van der Waals surface area contributed by atoms with Crippen molar-refractivity contribution in [1.29, 1.82) is 0 Å². The zero-order valence-corrected chi connectivity index (χ0v) is 38.7. The third-order valence-corrected chi connectivity index (χ3v) is 11.9. The second-order valence-corrected chi connectivity index (χ2v) is 16.7. The minimum absolute atomic E-state index is 0.0909. The van der Waals surface area contributed by atoms with Gasteiger partial charge in [0.2, 0.25) is 17.8 Å². The van der Waals surface area contributed by atoms with Gasteiger partial charge in [0.1, 0.15) is 23.4 Å². The number of rotatable bonds is 22. The molecule has 2 aliphatic heterocycles. The van der Waals surface area contributed by atoms with Gasteiger partial charge in [-0.2, -0.15) is 10.1 Å². The van der Waals surface area contributed by atoms with Crippen LogP contribution in [-0.2, 0) is 49.8 Å². The van der Waals surface area contributed by atoms with Crippen LogP contribution in [0.5, 0.6) is 0 Å². The number of carbonyl (C=O) groups excluding carboxylic acids is 2. The minimum Gasteiger partial charge on any atom is -0.424 e. The number of nitrogens with zero attached hydrogens (tertiary/aromatic N) is 12. The fraction of sp³-hybridized carbons (Fsp3) is 0.404. The molecule has 1 fully saturated rings. The average Bonchev–Trinajstić information content (AvgIpc) is 3.96. The minimum atomic E-state index is -0.124. The van der Waals surface area contributed by atoms with E-state index in [2.05, 4.69) is 68.2 Å². The van der Waals surface area contributed by atoms with Gasteiger partial charge in [-0.25, -0.2) is 34.6 Å². The van der Waals surface area contributed by atoms with Crippen LogP contribution in [0, 0.1) is 0 Å². The van der Waals surface area contributed by atoms with E-state index in [0.717, 1.165) is 22.3 Å². The van der Waals surface area contributed by atoms with Gasteiger partial charge in [0.05, 0.1) is 70.3 Å². The Hall–Kier alpha value is -7.44. The topological polar surface area (TPSA) is 292 Å². The predicted molar refractivity (Wildman–Crippen MR) is 258 cm³/mol. The number of aromatic nitrogens is 9. The Labute approximate surface area is 402 Å². The van der Waals surface area contributed by atoms with Crippen LogP contribution >= 0.6 is 0 Å². The standard InChI is InChI=1S/C47H56N16O7/c48-7-14-67-16-18-69-20-19-68-17-15-66-13-6-39(64)51-23-32-24-52-46(53-25-32)60-9-11-61(12-10-60)47-54-26-36(27-55-47)44(65)62-8-5-33-21-31(1-2-35(33)29-62)28-63-43-40(42(49)56-30-57-43)41(59-63)34-3-4-38-37(22-34)58-45(50)70-38/h1-4,21-22,24-27,30H,5-20,23,28-29,48H2,(H2,50,58)(H,51,64)(H2,49,56,57). The van der Waals surface area contributed by atoms with Gasteiger partial charge < -0.3 is 60.6 Å². The molecule has 7 aromatic rings. The van der Waals surface area contributed by atoms with Crippen molar-refractivity contribution < 1.29 is 33.0 Å². The van der Waals surface area contributed by atoms with Crippen LogP contribution in [0.15, 0.2) is 71.9 Å². The number of amides is 2. The number of oxazole rings is 1. The van der Waals surface area contributed by atoms with Crippen molar-refractivity contribution in [3.63, 3.8) is 0 Å². The maximum Gasteiger partial charge on any atom is 0.292 e. The van der Waals surface area contributed by atoms with E-state index in [-0.39, 0.29) is 24.2 Å². The van der Waals surface area contributed by atoms with Crippen molar-refractivity contribution in [3.05, 3.63) is 95.3 Å². The van der Waals surface area contributed by atoms with Crippen LogP contribution in [0.25, 0.3) is 33.4 Å². The molecule has 7 heterocycles. The number of ether oxygens (including phenoxy) is 4. The summed E-state index contributed by atoms with van der Waals surface area (Å²) in [4.78, 5) is 63.4. The number of benzene rings is 2. The molecule has 1 saturated heterocycles. The summed E-state index contributed by atoms with van der Waals surface area (Å²) >= 11 is 0. The number of fused-ring (bicyclic) bond motifs is 3. The second-order valence-electron chi connectivity index (χ2n) is 16.7. The maximum absolute atomic E-state index is 13.7. The molecule has 7 N–H and O–H groups in total. The molecule has 0 aliphatic carbocycles. The van der Waals surface area contributed by atoms with E-state index >= 15 is 0 Å². The van der Waals surface area contributed by atoms with Gasteiger partial charge in [-0.15, -0.1) is 0 Å². The van der Waals surface area contributed by atoms with Crippen molar-refractivity contribution in [2.24, 2.45) is 5.73 Å². The van der Waals surface area contributed by atoms with E-state index in [4.69, 9.17) is 45.7 Å². The number of nitrogens with two attached hydrogens (primary N) is 3. The maximum atomic E-state index is 13.7. The number of carbonyl (C=O) groups is 2. The van der Waals surface area contributed by atoms with E-state index in [1.165, 1.54) is 11.9 Å². The summed E-state index contributed by atoms with van der Waals surface area (Å²) < 4.78 is 28.9. The highest BCUT2D eigenvalue weighted by molar-refractivity contribution is 5.99. The van der Waals surface area contributed by atoms with Gasteiger partial charge in [0.15, 0.2) is 11.2 Å². The van der Waals surface area contributed by atoms with Gasteiger partial charge >= 0.3 is 0 Å². The highest BCUT2D eigenvalue weighted by Gasteiger charge is 2.26. The molecule has 366 valence electrons. The Morgan fingerprint density at radius 2 is 1.39 bits per heavy atom. The summed E-state index contributed by atoms with van der Waals surface area (Å²) in [7, 11) is 0. The third-order valence-electron chi connectivity index (χ3n) is 11.9. The molecule has 5 aromatic heterocycles. The zero-order valence-electron chi connectivity index (χ0n) is 38.7. The van der Waals surface area contributed by atoms with E-state index in [9.17, 15) is 9.59 Å².